The van der Waals surface area contributed by atoms with Gasteiger partial charge in [0.25, 0.3) is 0 Å². The average molecular weight is 268 g/mol. The molecule has 0 atom stereocenters. The fourth-order valence-electron chi connectivity index (χ4n) is 1.54. The highest BCUT2D eigenvalue weighted by atomic mass is 35.5. The van der Waals surface area contributed by atoms with E-state index >= 15 is 0 Å². The van der Waals surface area contributed by atoms with E-state index in [1.807, 2.05) is 14.0 Å². The van der Waals surface area contributed by atoms with Gasteiger partial charge in [0.15, 0.2) is 0 Å². The number of hydrogen-bond acceptors (Lipinski definition) is 3. The van der Waals surface area contributed by atoms with Gasteiger partial charge in [-0.15, -0.1) is 0 Å². The van der Waals surface area contributed by atoms with Crippen molar-refractivity contribution in [2.24, 2.45) is 7.05 Å². The minimum atomic E-state index is -0.113. The Balaban J connectivity index is 1.87. The number of nitrogens with zero attached hydrogens (tertiary/aromatic N) is 4. The molecule has 7 heteroatoms. The quantitative estimate of drug-likeness (QED) is 0.895. The lowest BCUT2D eigenvalue weighted by atomic mass is 10.2. The van der Waals surface area contributed by atoms with Crippen molar-refractivity contribution >= 4 is 17.5 Å². The van der Waals surface area contributed by atoms with Crippen molar-refractivity contribution in [3.63, 3.8) is 0 Å². The topological polar surface area (TPSA) is 64.7 Å². The van der Waals surface area contributed by atoms with Crippen molar-refractivity contribution in [2.45, 2.75) is 20.0 Å². The lowest BCUT2D eigenvalue weighted by Crippen LogP contribution is -2.27. The van der Waals surface area contributed by atoms with E-state index in [1.54, 1.807) is 17.1 Å². The van der Waals surface area contributed by atoms with E-state index in [1.165, 1.54) is 10.9 Å². The van der Waals surface area contributed by atoms with E-state index in [-0.39, 0.29) is 12.5 Å². The molecule has 2 rings (SSSR count). The van der Waals surface area contributed by atoms with Gasteiger partial charge >= 0.3 is 0 Å². The average Bonchev–Trinajstić information content (AvgIpc) is 2.86. The first-order valence-corrected chi connectivity index (χ1v) is 5.86. The summed E-state index contributed by atoms with van der Waals surface area (Å²) in [5.41, 5.74) is 2.04. The molecule has 2 heterocycles. The van der Waals surface area contributed by atoms with Crippen LogP contribution in [0.5, 0.6) is 0 Å². The summed E-state index contributed by atoms with van der Waals surface area (Å²) in [7, 11) is 1.87. The third-order valence-electron chi connectivity index (χ3n) is 2.72. The number of rotatable bonds is 4. The van der Waals surface area contributed by atoms with Crippen LogP contribution in [0.2, 0.25) is 5.02 Å². The number of halogens is 1. The molecule has 0 aromatic carbocycles. The van der Waals surface area contributed by atoms with Gasteiger partial charge in [0.05, 0.1) is 17.4 Å². The van der Waals surface area contributed by atoms with Gasteiger partial charge in [0, 0.05) is 31.0 Å². The first-order chi connectivity index (χ1) is 8.56. The predicted octanol–water partition coefficient (Wildman–Crippen LogP) is 0.895. The standard InChI is InChI=1S/C11H14ClN5O/c1-8-9(4-14-16(8)2)3-13-11(18)7-17-6-10(12)5-15-17/h4-6H,3,7H2,1-2H3,(H,13,18). The Hall–Kier alpha value is -1.82. The van der Waals surface area contributed by atoms with Crippen molar-refractivity contribution in [2.75, 3.05) is 0 Å². The SMILES string of the molecule is Cc1c(CNC(=O)Cn2cc(Cl)cn2)cnn1C. The summed E-state index contributed by atoms with van der Waals surface area (Å²) in [6.07, 6.45) is 4.86. The van der Waals surface area contributed by atoms with Gasteiger partial charge in [-0.1, -0.05) is 11.6 Å². The van der Waals surface area contributed by atoms with Crippen LogP contribution in [0.3, 0.4) is 0 Å². The Labute approximate surface area is 110 Å². The molecule has 0 aliphatic rings. The van der Waals surface area contributed by atoms with Crippen LogP contribution < -0.4 is 5.32 Å². The summed E-state index contributed by atoms with van der Waals surface area (Å²) in [4.78, 5) is 11.7. The molecule has 0 aliphatic heterocycles. The first kappa shape index (κ1) is 12.6. The van der Waals surface area contributed by atoms with Crippen LogP contribution >= 0.6 is 11.6 Å². The molecule has 0 aliphatic carbocycles. The maximum atomic E-state index is 11.7. The highest BCUT2D eigenvalue weighted by molar-refractivity contribution is 6.30. The second kappa shape index (κ2) is 5.22. The number of carbonyl (C=O) groups excluding carboxylic acids is 1. The zero-order chi connectivity index (χ0) is 13.1. The zero-order valence-corrected chi connectivity index (χ0v) is 11.0. The third kappa shape index (κ3) is 2.89. The minimum absolute atomic E-state index is 0.113. The van der Waals surface area contributed by atoms with Gasteiger partial charge in [0.2, 0.25) is 5.91 Å². The molecular weight excluding hydrogens is 254 g/mol. The molecule has 1 N–H and O–H groups in total. The molecule has 2 aromatic heterocycles. The molecule has 0 fully saturated rings. The summed E-state index contributed by atoms with van der Waals surface area (Å²) in [5.74, 6) is -0.113. The molecule has 6 nitrogen and oxygen atoms in total. The van der Waals surface area contributed by atoms with Gasteiger partial charge < -0.3 is 5.32 Å². The van der Waals surface area contributed by atoms with Crippen LogP contribution in [-0.2, 0) is 24.9 Å². The Bertz CT molecular complexity index is 560. The lowest BCUT2D eigenvalue weighted by Gasteiger charge is -2.05. The Kier molecular flexibility index (Phi) is 3.66. The van der Waals surface area contributed by atoms with Crippen LogP contribution in [0.25, 0.3) is 0 Å². The molecule has 0 bridgehead atoms. The normalized spacial score (nSPS) is 10.6. The zero-order valence-electron chi connectivity index (χ0n) is 10.2. The minimum Gasteiger partial charge on any atom is -0.350 e. The summed E-state index contributed by atoms with van der Waals surface area (Å²) in [5, 5.41) is 11.4. The molecule has 2 aromatic rings. The van der Waals surface area contributed by atoms with E-state index in [9.17, 15) is 4.79 Å². The fraction of sp³-hybridized carbons (Fsp3) is 0.364. The van der Waals surface area contributed by atoms with E-state index in [0.29, 0.717) is 11.6 Å². The van der Waals surface area contributed by atoms with Crippen molar-refractivity contribution in [1.82, 2.24) is 24.9 Å². The highest BCUT2D eigenvalue weighted by Gasteiger charge is 2.07. The summed E-state index contributed by atoms with van der Waals surface area (Å²) >= 11 is 5.71. The monoisotopic (exact) mass is 267 g/mol. The van der Waals surface area contributed by atoms with Gasteiger partial charge in [-0.3, -0.25) is 14.2 Å². The second-order valence-electron chi connectivity index (χ2n) is 4.01. The van der Waals surface area contributed by atoms with Crippen LogP contribution in [0.15, 0.2) is 18.6 Å². The van der Waals surface area contributed by atoms with Gasteiger partial charge in [-0.25, -0.2) is 0 Å². The predicted molar refractivity (Wildman–Crippen MR) is 67.0 cm³/mol. The second-order valence-corrected chi connectivity index (χ2v) is 4.45. The molecular formula is C11H14ClN5O. The van der Waals surface area contributed by atoms with Gasteiger partial charge in [-0.2, -0.15) is 10.2 Å². The molecule has 18 heavy (non-hydrogen) atoms. The van der Waals surface area contributed by atoms with Crippen LogP contribution in [0, 0.1) is 6.92 Å². The largest absolute Gasteiger partial charge is 0.350 e. The van der Waals surface area contributed by atoms with E-state index < -0.39 is 0 Å². The number of aryl methyl sites for hydroxylation is 1. The molecule has 0 saturated carbocycles. The van der Waals surface area contributed by atoms with Crippen LogP contribution in [-0.4, -0.2) is 25.5 Å². The van der Waals surface area contributed by atoms with Crippen molar-refractivity contribution in [1.29, 1.82) is 0 Å². The van der Waals surface area contributed by atoms with Crippen molar-refractivity contribution in [3.8, 4) is 0 Å². The van der Waals surface area contributed by atoms with Crippen molar-refractivity contribution < 1.29 is 4.79 Å². The number of nitrogens with one attached hydrogen (secondary N) is 1. The van der Waals surface area contributed by atoms with E-state index in [4.69, 9.17) is 11.6 Å². The lowest BCUT2D eigenvalue weighted by molar-refractivity contribution is -0.122. The van der Waals surface area contributed by atoms with E-state index in [2.05, 4.69) is 15.5 Å². The Morgan fingerprint density at radius 1 is 1.44 bits per heavy atom. The van der Waals surface area contributed by atoms with Crippen LogP contribution in [0.1, 0.15) is 11.3 Å². The maximum absolute atomic E-state index is 11.7. The molecule has 0 saturated heterocycles. The molecule has 96 valence electrons. The summed E-state index contributed by atoms with van der Waals surface area (Å²) < 4.78 is 3.27. The Morgan fingerprint density at radius 2 is 2.22 bits per heavy atom. The first-order valence-electron chi connectivity index (χ1n) is 5.48. The number of amides is 1. The van der Waals surface area contributed by atoms with Crippen molar-refractivity contribution in [3.05, 3.63) is 34.9 Å². The number of carbonyl (C=O) groups is 1. The number of aromatic nitrogens is 4. The van der Waals surface area contributed by atoms with E-state index in [0.717, 1.165) is 11.3 Å². The fourth-order valence-corrected chi connectivity index (χ4v) is 1.70. The van der Waals surface area contributed by atoms with Gasteiger partial charge in [0.1, 0.15) is 6.54 Å². The summed E-state index contributed by atoms with van der Waals surface area (Å²) in [6, 6.07) is 0. The van der Waals surface area contributed by atoms with Gasteiger partial charge in [-0.05, 0) is 6.92 Å². The molecule has 0 unspecified atom stereocenters. The molecule has 1 amide bonds. The highest BCUT2D eigenvalue weighted by Crippen LogP contribution is 2.05. The maximum Gasteiger partial charge on any atom is 0.242 e. The number of hydrogen-bond donors (Lipinski definition) is 1. The third-order valence-corrected chi connectivity index (χ3v) is 2.92. The smallest absolute Gasteiger partial charge is 0.242 e. The molecule has 0 radical (unpaired) electrons. The summed E-state index contributed by atoms with van der Waals surface area (Å²) in [6.45, 7) is 2.58. The van der Waals surface area contributed by atoms with Crippen LogP contribution in [0.4, 0.5) is 0 Å². The Morgan fingerprint density at radius 3 is 2.78 bits per heavy atom. The molecule has 0 spiro atoms.